The van der Waals surface area contributed by atoms with Crippen molar-refractivity contribution >= 4 is 35.2 Å². The normalized spacial score (nSPS) is 24.9. The molecule has 1 fully saturated rings. The molecule has 0 spiro atoms. The van der Waals surface area contributed by atoms with E-state index in [1.54, 1.807) is 31.2 Å². The topological polar surface area (TPSA) is 69.6 Å². The van der Waals surface area contributed by atoms with Crippen LogP contribution in [-0.4, -0.2) is 33.0 Å². The van der Waals surface area contributed by atoms with Gasteiger partial charge in [-0.15, -0.1) is 0 Å². The molecule has 7 heteroatoms. The van der Waals surface area contributed by atoms with Gasteiger partial charge in [-0.3, -0.25) is 9.69 Å². The fourth-order valence-electron chi connectivity index (χ4n) is 2.22. The maximum Gasteiger partial charge on any atom is 0.409 e. The minimum Gasteiger partial charge on any atom is -0.465 e. The summed E-state index contributed by atoms with van der Waals surface area (Å²) < 4.78 is 0. The van der Waals surface area contributed by atoms with Crippen LogP contribution in [0.3, 0.4) is 0 Å². The first-order chi connectivity index (χ1) is 9.34. The zero-order valence-electron chi connectivity index (χ0n) is 10.8. The number of rotatable bonds is 3. The van der Waals surface area contributed by atoms with Crippen molar-refractivity contribution < 1.29 is 14.7 Å². The van der Waals surface area contributed by atoms with Crippen LogP contribution in [0.5, 0.6) is 0 Å². The summed E-state index contributed by atoms with van der Waals surface area (Å²) in [5.74, 6) is -0.355. The molecule has 1 aliphatic rings. The predicted molar refractivity (Wildman–Crippen MR) is 75.8 cm³/mol. The highest BCUT2D eigenvalue weighted by Gasteiger charge is 2.55. The predicted octanol–water partition coefficient (Wildman–Crippen LogP) is 2.66. The molecule has 2 amide bonds. The lowest BCUT2D eigenvalue weighted by molar-refractivity contribution is -0.140. The summed E-state index contributed by atoms with van der Waals surface area (Å²) in [6.07, 6.45) is -0.895. The average Bonchev–Trinajstić information content (AvgIpc) is 2.36. The molecule has 2 rings (SSSR count). The van der Waals surface area contributed by atoms with Gasteiger partial charge in [0.1, 0.15) is 11.0 Å². The van der Waals surface area contributed by atoms with Gasteiger partial charge in [-0.25, -0.2) is 4.79 Å². The molecule has 2 atom stereocenters. The van der Waals surface area contributed by atoms with E-state index in [9.17, 15) is 9.59 Å². The summed E-state index contributed by atoms with van der Waals surface area (Å²) in [5.41, 5.74) is -0.876. The van der Waals surface area contributed by atoms with E-state index in [0.717, 1.165) is 10.5 Å². The van der Waals surface area contributed by atoms with E-state index in [0.29, 0.717) is 18.0 Å². The van der Waals surface area contributed by atoms with Gasteiger partial charge in [0.25, 0.3) is 0 Å². The lowest BCUT2D eigenvalue weighted by Gasteiger charge is -2.50. The minimum atomic E-state index is -1.19. The third-order valence-electron chi connectivity index (χ3n) is 3.44. The standard InChI is InChI=1S/C13H14Cl2N2O3/c1-13(6-10(15)17(13)12(19)20)11(18)16-7-8-2-4-9(14)5-3-8/h2-5,10H,6-7H2,1H3,(H,16,18)(H,19,20). The molecule has 108 valence electrons. The van der Waals surface area contributed by atoms with E-state index in [4.69, 9.17) is 28.3 Å². The maximum atomic E-state index is 12.1. The fraction of sp³-hybridized carbons (Fsp3) is 0.385. The molecule has 0 aliphatic carbocycles. The number of amides is 2. The summed E-state index contributed by atoms with van der Waals surface area (Å²) in [6.45, 7) is 1.88. The highest BCUT2D eigenvalue weighted by Crippen LogP contribution is 2.38. The number of likely N-dealkylation sites (tertiary alicyclic amines) is 1. The van der Waals surface area contributed by atoms with Gasteiger partial charge < -0.3 is 10.4 Å². The van der Waals surface area contributed by atoms with Crippen LogP contribution in [0.1, 0.15) is 18.9 Å². The number of benzene rings is 1. The molecular weight excluding hydrogens is 303 g/mol. The van der Waals surface area contributed by atoms with Crippen LogP contribution in [0, 0.1) is 0 Å². The third kappa shape index (κ3) is 2.69. The van der Waals surface area contributed by atoms with E-state index in [2.05, 4.69) is 5.32 Å². The van der Waals surface area contributed by atoms with E-state index in [-0.39, 0.29) is 5.91 Å². The minimum absolute atomic E-state index is 0.299. The van der Waals surface area contributed by atoms with Gasteiger partial charge >= 0.3 is 6.09 Å². The molecule has 0 saturated carbocycles. The van der Waals surface area contributed by atoms with E-state index in [1.807, 2.05) is 0 Å². The van der Waals surface area contributed by atoms with Gasteiger partial charge in [-0.2, -0.15) is 0 Å². The first kappa shape index (κ1) is 14.9. The van der Waals surface area contributed by atoms with Gasteiger partial charge in [0, 0.05) is 18.0 Å². The summed E-state index contributed by atoms with van der Waals surface area (Å²) in [6, 6.07) is 7.05. The number of hydrogen-bond donors (Lipinski definition) is 2. The van der Waals surface area contributed by atoms with Gasteiger partial charge in [-0.05, 0) is 24.6 Å². The lowest BCUT2D eigenvalue weighted by Crippen LogP contribution is -2.70. The molecule has 20 heavy (non-hydrogen) atoms. The van der Waals surface area contributed by atoms with Crippen LogP contribution >= 0.6 is 23.2 Å². The second-order valence-electron chi connectivity index (χ2n) is 4.87. The number of nitrogens with one attached hydrogen (secondary N) is 1. The number of carboxylic acid groups (broad SMARTS) is 1. The Bertz CT molecular complexity index is 535. The number of hydrogen-bond acceptors (Lipinski definition) is 2. The van der Waals surface area contributed by atoms with Crippen molar-refractivity contribution in [3.8, 4) is 0 Å². The molecule has 2 N–H and O–H groups in total. The van der Waals surface area contributed by atoms with Crippen LogP contribution < -0.4 is 5.32 Å². The zero-order valence-corrected chi connectivity index (χ0v) is 12.3. The number of carbonyl (C=O) groups is 2. The van der Waals surface area contributed by atoms with Crippen LogP contribution in [-0.2, 0) is 11.3 Å². The van der Waals surface area contributed by atoms with Gasteiger partial charge in [0.2, 0.25) is 5.91 Å². The molecule has 1 aromatic rings. The highest BCUT2D eigenvalue weighted by molar-refractivity contribution is 6.30. The van der Waals surface area contributed by atoms with E-state index < -0.39 is 17.1 Å². The molecule has 2 unspecified atom stereocenters. The number of nitrogens with zero attached hydrogens (tertiary/aromatic N) is 1. The molecular formula is C13H14Cl2N2O3. The lowest BCUT2D eigenvalue weighted by atomic mass is 9.85. The summed E-state index contributed by atoms with van der Waals surface area (Å²) in [4.78, 5) is 24.2. The Hall–Kier alpha value is -1.46. The second kappa shape index (κ2) is 5.50. The average molecular weight is 317 g/mol. The van der Waals surface area contributed by atoms with Crippen LogP contribution in [0.2, 0.25) is 5.02 Å². The van der Waals surface area contributed by atoms with E-state index >= 15 is 0 Å². The Balaban J connectivity index is 1.98. The first-order valence-corrected chi connectivity index (χ1v) is 6.85. The quantitative estimate of drug-likeness (QED) is 0.665. The van der Waals surface area contributed by atoms with Crippen molar-refractivity contribution in [3.63, 3.8) is 0 Å². The molecule has 0 radical (unpaired) electrons. The van der Waals surface area contributed by atoms with Crippen molar-refractivity contribution in [2.75, 3.05) is 0 Å². The summed E-state index contributed by atoms with van der Waals surface area (Å²) in [5, 5.41) is 12.4. The fourth-order valence-corrected chi connectivity index (χ4v) is 2.95. The smallest absolute Gasteiger partial charge is 0.409 e. The zero-order chi connectivity index (χ0) is 14.9. The molecule has 0 bridgehead atoms. The third-order valence-corrected chi connectivity index (χ3v) is 4.04. The Morgan fingerprint density at radius 2 is 2.05 bits per heavy atom. The molecule has 1 saturated heterocycles. The van der Waals surface area contributed by atoms with Crippen molar-refractivity contribution in [2.24, 2.45) is 0 Å². The summed E-state index contributed by atoms with van der Waals surface area (Å²) in [7, 11) is 0. The Morgan fingerprint density at radius 1 is 1.45 bits per heavy atom. The van der Waals surface area contributed by atoms with Gasteiger partial charge in [0.05, 0.1) is 0 Å². The molecule has 1 aromatic carbocycles. The number of carbonyl (C=O) groups excluding carboxylic acids is 1. The largest absolute Gasteiger partial charge is 0.465 e. The van der Waals surface area contributed by atoms with Crippen LogP contribution in [0.15, 0.2) is 24.3 Å². The SMILES string of the molecule is CC1(C(=O)NCc2ccc(Cl)cc2)CC(Cl)N1C(=O)O. The monoisotopic (exact) mass is 316 g/mol. The van der Waals surface area contributed by atoms with Crippen molar-refractivity contribution in [3.05, 3.63) is 34.9 Å². The Labute approximate surface area is 126 Å². The second-order valence-corrected chi connectivity index (χ2v) is 5.81. The molecule has 1 aliphatic heterocycles. The van der Waals surface area contributed by atoms with Crippen molar-refractivity contribution in [2.45, 2.75) is 30.9 Å². The van der Waals surface area contributed by atoms with Crippen molar-refractivity contribution in [1.29, 1.82) is 0 Å². The molecule has 5 nitrogen and oxygen atoms in total. The first-order valence-electron chi connectivity index (χ1n) is 6.03. The van der Waals surface area contributed by atoms with Crippen LogP contribution in [0.4, 0.5) is 4.79 Å². The van der Waals surface area contributed by atoms with Crippen LogP contribution in [0.25, 0.3) is 0 Å². The molecule has 0 aromatic heterocycles. The van der Waals surface area contributed by atoms with Crippen molar-refractivity contribution in [1.82, 2.24) is 10.2 Å². The van der Waals surface area contributed by atoms with Gasteiger partial charge in [0.15, 0.2) is 0 Å². The van der Waals surface area contributed by atoms with Gasteiger partial charge in [-0.1, -0.05) is 35.3 Å². The van der Waals surface area contributed by atoms with E-state index in [1.165, 1.54) is 0 Å². The Kier molecular flexibility index (Phi) is 4.11. The number of halogens is 2. The molecule has 1 heterocycles. The Morgan fingerprint density at radius 3 is 2.55 bits per heavy atom. The maximum absolute atomic E-state index is 12.1. The number of alkyl halides is 1. The highest BCUT2D eigenvalue weighted by atomic mass is 35.5. The summed E-state index contributed by atoms with van der Waals surface area (Å²) >= 11 is 11.6.